The van der Waals surface area contributed by atoms with E-state index in [1.165, 1.54) is 18.8 Å². The molecule has 0 amide bonds. The third-order valence-corrected chi connectivity index (χ3v) is 5.09. The quantitative estimate of drug-likeness (QED) is 0.492. The molecule has 0 spiro atoms. The number of nitrogens with one attached hydrogen (secondary N) is 3. The number of anilines is 2. The molecule has 1 aliphatic rings. The minimum atomic E-state index is 0.0148. The summed E-state index contributed by atoms with van der Waals surface area (Å²) in [6.45, 7) is 6.68. The number of rotatable bonds is 8. The maximum absolute atomic E-state index is 8.87. The van der Waals surface area contributed by atoms with Crippen LogP contribution in [0, 0.1) is 17.2 Å². The lowest BCUT2D eigenvalue weighted by molar-refractivity contribution is 0.215. The zero-order valence-electron chi connectivity index (χ0n) is 18.3. The highest BCUT2D eigenvalue weighted by Gasteiger charge is 2.19. The highest BCUT2D eigenvalue weighted by molar-refractivity contribution is 5.76. The second-order valence-electron chi connectivity index (χ2n) is 8.01. The SMILES string of the molecule is CC(C)Oc1cccc(OCC2CCCNC2)c1-c1cc(Nc2cnc(C#N)cn2)n[nH]1. The van der Waals surface area contributed by atoms with E-state index in [1.54, 1.807) is 0 Å². The van der Waals surface area contributed by atoms with E-state index < -0.39 is 0 Å². The number of hydrogen-bond acceptors (Lipinski definition) is 8. The number of ether oxygens (including phenoxy) is 2. The molecule has 32 heavy (non-hydrogen) atoms. The molecule has 1 fully saturated rings. The summed E-state index contributed by atoms with van der Waals surface area (Å²) < 4.78 is 12.3. The largest absolute Gasteiger partial charge is 0.492 e. The lowest BCUT2D eigenvalue weighted by atomic mass is 10.0. The highest BCUT2D eigenvalue weighted by Crippen LogP contribution is 2.39. The predicted molar refractivity (Wildman–Crippen MR) is 121 cm³/mol. The van der Waals surface area contributed by atoms with Crippen molar-refractivity contribution in [3.8, 4) is 28.8 Å². The smallest absolute Gasteiger partial charge is 0.158 e. The Balaban J connectivity index is 1.58. The van der Waals surface area contributed by atoms with Gasteiger partial charge in [0.25, 0.3) is 0 Å². The Hall–Kier alpha value is -3.64. The molecule has 0 aliphatic carbocycles. The average molecular weight is 434 g/mol. The molecule has 166 valence electrons. The molecule has 1 aromatic carbocycles. The van der Waals surface area contributed by atoms with Gasteiger partial charge in [-0.15, -0.1) is 0 Å². The summed E-state index contributed by atoms with van der Waals surface area (Å²) in [5.41, 5.74) is 1.85. The summed E-state index contributed by atoms with van der Waals surface area (Å²) in [5.74, 6) is 3.03. The number of benzene rings is 1. The molecule has 1 unspecified atom stereocenters. The zero-order chi connectivity index (χ0) is 22.3. The van der Waals surface area contributed by atoms with Crippen LogP contribution in [0.5, 0.6) is 11.5 Å². The van der Waals surface area contributed by atoms with Crippen molar-refractivity contribution in [2.75, 3.05) is 25.0 Å². The van der Waals surface area contributed by atoms with E-state index in [0.29, 0.717) is 24.2 Å². The van der Waals surface area contributed by atoms with Gasteiger partial charge in [-0.1, -0.05) is 6.07 Å². The van der Waals surface area contributed by atoms with Crippen LogP contribution in [-0.2, 0) is 0 Å². The lowest BCUT2D eigenvalue weighted by Gasteiger charge is -2.24. The third-order valence-electron chi connectivity index (χ3n) is 5.09. The summed E-state index contributed by atoms with van der Waals surface area (Å²) >= 11 is 0. The molecule has 9 heteroatoms. The number of H-pyrrole nitrogens is 1. The molecule has 4 rings (SSSR count). The van der Waals surface area contributed by atoms with Crippen molar-refractivity contribution < 1.29 is 9.47 Å². The van der Waals surface area contributed by atoms with Gasteiger partial charge in [0.15, 0.2) is 11.5 Å². The van der Waals surface area contributed by atoms with Gasteiger partial charge in [-0.25, -0.2) is 9.97 Å². The van der Waals surface area contributed by atoms with Crippen LogP contribution in [0.3, 0.4) is 0 Å². The Bertz CT molecular complexity index is 1070. The Morgan fingerprint density at radius 1 is 1.22 bits per heavy atom. The molecule has 1 aliphatic heterocycles. The monoisotopic (exact) mass is 433 g/mol. The first-order chi connectivity index (χ1) is 15.6. The Kier molecular flexibility index (Phi) is 6.82. The van der Waals surface area contributed by atoms with Gasteiger partial charge < -0.3 is 20.1 Å². The summed E-state index contributed by atoms with van der Waals surface area (Å²) in [4.78, 5) is 8.20. The van der Waals surface area contributed by atoms with E-state index in [-0.39, 0.29) is 11.8 Å². The Labute approximate surface area is 187 Å². The first-order valence-corrected chi connectivity index (χ1v) is 10.8. The molecule has 1 saturated heterocycles. The number of nitriles is 1. The Morgan fingerprint density at radius 2 is 2.09 bits per heavy atom. The van der Waals surface area contributed by atoms with E-state index in [9.17, 15) is 0 Å². The molecule has 9 nitrogen and oxygen atoms in total. The van der Waals surface area contributed by atoms with Crippen LogP contribution in [0.4, 0.5) is 11.6 Å². The van der Waals surface area contributed by atoms with Crippen LogP contribution >= 0.6 is 0 Å². The van der Waals surface area contributed by atoms with E-state index in [1.807, 2.05) is 44.2 Å². The average Bonchev–Trinajstić information content (AvgIpc) is 3.26. The normalized spacial score (nSPS) is 15.9. The van der Waals surface area contributed by atoms with E-state index in [4.69, 9.17) is 14.7 Å². The van der Waals surface area contributed by atoms with Gasteiger partial charge in [0.05, 0.1) is 36.4 Å². The molecule has 2 aromatic heterocycles. The third kappa shape index (κ3) is 5.34. The van der Waals surface area contributed by atoms with Gasteiger partial charge >= 0.3 is 0 Å². The topological polar surface area (TPSA) is 121 Å². The minimum absolute atomic E-state index is 0.0148. The summed E-state index contributed by atoms with van der Waals surface area (Å²) in [5, 5.41) is 22.8. The molecule has 0 radical (unpaired) electrons. The maximum atomic E-state index is 8.87. The maximum Gasteiger partial charge on any atom is 0.158 e. The predicted octanol–water partition coefficient (Wildman–Crippen LogP) is 3.65. The number of hydrogen-bond donors (Lipinski definition) is 3. The van der Waals surface area contributed by atoms with Crippen molar-refractivity contribution in [2.45, 2.75) is 32.8 Å². The molecule has 1 atom stereocenters. The number of piperidine rings is 1. The zero-order valence-corrected chi connectivity index (χ0v) is 18.3. The fourth-order valence-electron chi connectivity index (χ4n) is 3.62. The molecular formula is C23H27N7O2. The fraction of sp³-hybridized carbons (Fsp3) is 0.391. The van der Waals surface area contributed by atoms with Crippen LogP contribution in [0.25, 0.3) is 11.3 Å². The van der Waals surface area contributed by atoms with Crippen molar-refractivity contribution in [3.05, 3.63) is 42.4 Å². The van der Waals surface area contributed by atoms with Crippen molar-refractivity contribution in [1.29, 1.82) is 5.26 Å². The first-order valence-electron chi connectivity index (χ1n) is 10.8. The number of aromatic amines is 1. The highest BCUT2D eigenvalue weighted by atomic mass is 16.5. The van der Waals surface area contributed by atoms with Crippen LogP contribution < -0.4 is 20.1 Å². The van der Waals surface area contributed by atoms with Gasteiger partial charge in [0, 0.05) is 18.5 Å². The fourth-order valence-corrected chi connectivity index (χ4v) is 3.62. The number of aromatic nitrogens is 4. The van der Waals surface area contributed by atoms with E-state index in [0.717, 1.165) is 42.3 Å². The summed E-state index contributed by atoms with van der Waals surface area (Å²) in [6, 6.07) is 9.66. The molecule has 0 bridgehead atoms. The van der Waals surface area contributed by atoms with Crippen LogP contribution in [0.2, 0.25) is 0 Å². The van der Waals surface area contributed by atoms with Gasteiger partial charge in [0.2, 0.25) is 0 Å². The van der Waals surface area contributed by atoms with Crippen LogP contribution in [-0.4, -0.2) is 46.0 Å². The number of nitrogens with zero attached hydrogens (tertiary/aromatic N) is 4. The second kappa shape index (κ2) is 10.1. The van der Waals surface area contributed by atoms with Crippen LogP contribution in [0.1, 0.15) is 32.4 Å². The van der Waals surface area contributed by atoms with Gasteiger partial charge in [-0.05, 0) is 45.4 Å². The van der Waals surface area contributed by atoms with E-state index >= 15 is 0 Å². The summed E-state index contributed by atoms with van der Waals surface area (Å²) in [7, 11) is 0. The summed E-state index contributed by atoms with van der Waals surface area (Å²) in [6.07, 6.45) is 5.25. The second-order valence-corrected chi connectivity index (χ2v) is 8.01. The van der Waals surface area contributed by atoms with Crippen molar-refractivity contribution in [1.82, 2.24) is 25.5 Å². The van der Waals surface area contributed by atoms with Gasteiger partial charge in [-0.3, -0.25) is 5.10 Å². The Morgan fingerprint density at radius 3 is 2.81 bits per heavy atom. The lowest BCUT2D eigenvalue weighted by Crippen LogP contribution is -2.33. The molecule has 0 saturated carbocycles. The van der Waals surface area contributed by atoms with Gasteiger partial charge in [0.1, 0.15) is 23.4 Å². The van der Waals surface area contributed by atoms with Crippen LogP contribution in [0.15, 0.2) is 36.7 Å². The standard InChI is InChI=1S/C23H27N7O2/c1-15(2)32-20-7-3-6-19(31-14-16-5-4-8-25-11-16)23(20)18-9-21(30-29-18)28-22-13-26-17(10-24)12-27-22/h3,6-7,9,12-13,15-16,25H,4-5,8,11,14H2,1-2H3,(H2,27,28,29,30). The molecule has 3 aromatic rings. The van der Waals surface area contributed by atoms with Crippen molar-refractivity contribution in [3.63, 3.8) is 0 Å². The van der Waals surface area contributed by atoms with Crippen molar-refractivity contribution >= 4 is 11.6 Å². The molecule has 3 N–H and O–H groups in total. The minimum Gasteiger partial charge on any atom is -0.492 e. The molecule has 3 heterocycles. The van der Waals surface area contributed by atoms with E-state index in [2.05, 4.69) is 30.8 Å². The molecular weight excluding hydrogens is 406 g/mol. The van der Waals surface area contributed by atoms with Gasteiger partial charge in [-0.2, -0.15) is 10.4 Å². The van der Waals surface area contributed by atoms with Crippen molar-refractivity contribution in [2.24, 2.45) is 5.92 Å². The first kappa shape index (κ1) is 21.6.